The molecule has 1 atom stereocenters. The van der Waals surface area contributed by atoms with Gasteiger partial charge in [0.25, 0.3) is 0 Å². The molecule has 1 heterocycles. The summed E-state index contributed by atoms with van der Waals surface area (Å²) in [6.45, 7) is 2.65. The molecule has 1 amide bonds. The van der Waals surface area contributed by atoms with Crippen LogP contribution in [0.5, 0.6) is 0 Å². The van der Waals surface area contributed by atoms with E-state index in [1.54, 1.807) is 6.92 Å². The highest BCUT2D eigenvalue weighted by atomic mass is 16.5. The molecule has 1 aliphatic heterocycles. The summed E-state index contributed by atoms with van der Waals surface area (Å²) in [5, 5.41) is 12.5. The molecule has 1 saturated heterocycles. The molecule has 0 bridgehead atoms. The van der Waals surface area contributed by atoms with Gasteiger partial charge in [0.1, 0.15) is 5.54 Å². The summed E-state index contributed by atoms with van der Waals surface area (Å²) in [7, 11) is 0. The second-order valence-corrected chi connectivity index (χ2v) is 5.57. The van der Waals surface area contributed by atoms with Crippen molar-refractivity contribution in [3.63, 3.8) is 0 Å². The molecule has 0 spiro atoms. The fraction of sp³-hybridized carbons (Fsp3) is 0.533. The molecule has 5 nitrogen and oxygen atoms in total. The van der Waals surface area contributed by atoms with Crippen molar-refractivity contribution in [3.8, 4) is 0 Å². The first-order chi connectivity index (χ1) is 9.50. The van der Waals surface area contributed by atoms with Crippen molar-refractivity contribution in [2.75, 3.05) is 19.8 Å². The normalized spacial score (nSPS) is 20.9. The van der Waals surface area contributed by atoms with Crippen LogP contribution in [-0.4, -0.2) is 36.4 Å². The molecule has 4 N–H and O–H groups in total. The van der Waals surface area contributed by atoms with Crippen LogP contribution in [0.2, 0.25) is 0 Å². The Morgan fingerprint density at radius 3 is 2.55 bits per heavy atom. The van der Waals surface area contributed by atoms with Crippen molar-refractivity contribution in [2.24, 2.45) is 5.73 Å². The first-order valence-electron chi connectivity index (χ1n) is 6.86. The van der Waals surface area contributed by atoms with Crippen molar-refractivity contribution in [1.82, 2.24) is 5.32 Å². The SMILES string of the molecule is CC(N)(C(=O)NC1(CO)CCOCC1)c1ccccc1. The van der Waals surface area contributed by atoms with E-state index >= 15 is 0 Å². The molecule has 0 aliphatic carbocycles. The van der Waals surface area contributed by atoms with Gasteiger partial charge >= 0.3 is 0 Å². The Morgan fingerprint density at radius 2 is 2.00 bits per heavy atom. The van der Waals surface area contributed by atoms with Gasteiger partial charge in [-0.3, -0.25) is 4.79 Å². The van der Waals surface area contributed by atoms with Gasteiger partial charge in [-0.1, -0.05) is 30.3 Å². The molecule has 0 aromatic heterocycles. The first kappa shape index (κ1) is 15.0. The van der Waals surface area contributed by atoms with Crippen molar-refractivity contribution in [3.05, 3.63) is 35.9 Å². The van der Waals surface area contributed by atoms with Crippen LogP contribution in [0.25, 0.3) is 0 Å². The fourth-order valence-corrected chi connectivity index (χ4v) is 2.37. The zero-order valence-electron chi connectivity index (χ0n) is 11.8. The molecule has 0 radical (unpaired) electrons. The van der Waals surface area contributed by atoms with Crippen LogP contribution in [0.4, 0.5) is 0 Å². The molecular formula is C15H22N2O3. The predicted octanol–water partition coefficient (Wildman–Crippen LogP) is 0.518. The quantitative estimate of drug-likeness (QED) is 0.749. The lowest BCUT2D eigenvalue weighted by molar-refractivity contribution is -0.130. The molecular weight excluding hydrogens is 256 g/mol. The number of benzene rings is 1. The Labute approximate surface area is 119 Å². The topological polar surface area (TPSA) is 84.6 Å². The zero-order valence-corrected chi connectivity index (χ0v) is 11.8. The zero-order chi connectivity index (χ0) is 14.6. The molecule has 2 rings (SSSR count). The van der Waals surface area contributed by atoms with Gasteiger partial charge in [-0.15, -0.1) is 0 Å². The number of hydrogen-bond donors (Lipinski definition) is 3. The number of nitrogens with two attached hydrogens (primary N) is 1. The number of rotatable bonds is 4. The number of ether oxygens (including phenoxy) is 1. The van der Waals surface area contributed by atoms with E-state index in [1.165, 1.54) is 0 Å². The van der Waals surface area contributed by atoms with Gasteiger partial charge in [-0.2, -0.15) is 0 Å². The van der Waals surface area contributed by atoms with Crippen molar-refractivity contribution in [1.29, 1.82) is 0 Å². The van der Waals surface area contributed by atoms with Gasteiger partial charge in [-0.25, -0.2) is 0 Å². The van der Waals surface area contributed by atoms with Crippen LogP contribution in [0, 0.1) is 0 Å². The average molecular weight is 278 g/mol. The minimum atomic E-state index is -1.12. The highest BCUT2D eigenvalue weighted by Gasteiger charge is 2.39. The van der Waals surface area contributed by atoms with E-state index in [4.69, 9.17) is 10.5 Å². The van der Waals surface area contributed by atoms with E-state index in [9.17, 15) is 9.90 Å². The van der Waals surface area contributed by atoms with Gasteiger partial charge < -0.3 is 20.9 Å². The van der Waals surface area contributed by atoms with E-state index in [-0.39, 0.29) is 12.5 Å². The smallest absolute Gasteiger partial charge is 0.244 e. The number of hydrogen-bond acceptors (Lipinski definition) is 4. The summed E-state index contributed by atoms with van der Waals surface area (Å²) in [5.41, 5.74) is 5.19. The molecule has 1 aromatic rings. The van der Waals surface area contributed by atoms with E-state index in [2.05, 4.69) is 5.32 Å². The van der Waals surface area contributed by atoms with Gasteiger partial charge in [-0.05, 0) is 25.3 Å². The van der Waals surface area contributed by atoms with Crippen molar-refractivity contribution >= 4 is 5.91 Å². The van der Waals surface area contributed by atoms with E-state index < -0.39 is 11.1 Å². The fourth-order valence-electron chi connectivity index (χ4n) is 2.37. The number of amides is 1. The standard InChI is InChI=1S/C15H22N2O3/c1-14(16,12-5-3-2-4-6-12)13(19)17-15(11-18)7-9-20-10-8-15/h2-6,18H,7-11,16H2,1H3,(H,17,19). The monoisotopic (exact) mass is 278 g/mol. The van der Waals surface area contributed by atoms with Crippen LogP contribution in [0.1, 0.15) is 25.3 Å². The van der Waals surface area contributed by atoms with E-state index in [0.29, 0.717) is 26.1 Å². The number of carbonyl (C=O) groups excluding carboxylic acids is 1. The molecule has 1 unspecified atom stereocenters. The minimum absolute atomic E-state index is 0.104. The summed E-state index contributed by atoms with van der Waals surface area (Å²) in [5.74, 6) is -0.278. The van der Waals surface area contributed by atoms with Crippen molar-refractivity contribution in [2.45, 2.75) is 30.8 Å². The number of nitrogens with one attached hydrogen (secondary N) is 1. The maximum absolute atomic E-state index is 12.5. The molecule has 5 heteroatoms. The molecule has 1 fully saturated rings. The summed E-state index contributed by atoms with van der Waals surface area (Å²) < 4.78 is 5.28. The number of aliphatic hydroxyl groups excluding tert-OH is 1. The summed E-state index contributed by atoms with van der Waals surface area (Å²) >= 11 is 0. The van der Waals surface area contributed by atoms with E-state index in [0.717, 1.165) is 5.56 Å². The third-order valence-corrected chi connectivity index (χ3v) is 3.98. The maximum atomic E-state index is 12.5. The van der Waals surface area contributed by atoms with E-state index in [1.807, 2.05) is 30.3 Å². The number of aliphatic hydroxyl groups is 1. The summed E-state index contributed by atoms with van der Waals surface area (Å²) in [6.07, 6.45) is 1.19. The minimum Gasteiger partial charge on any atom is -0.394 e. The molecule has 0 saturated carbocycles. The third kappa shape index (κ3) is 3.00. The lowest BCUT2D eigenvalue weighted by Gasteiger charge is -2.38. The van der Waals surface area contributed by atoms with Gasteiger partial charge in [0.05, 0.1) is 12.1 Å². The summed E-state index contributed by atoms with van der Waals surface area (Å²) in [6, 6.07) is 9.24. The highest BCUT2D eigenvalue weighted by molar-refractivity contribution is 5.87. The predicted molar refractivity (Wildman–Crippen MR) is 76.0 cm³/mol. The average Bonchev–Trinajstić information content (AvgIpc) is 2.49. The second kappa shape index (κ2) is 5.91. The lowest BCUT2D eigenvalue weighted by Crippen LogP contribution is -2.60. The van der Waals surface area contributed by atoms with Crippen LogP contribution >= 0.6 is 0 Å². The first-order valence-corrected chi connectivity index (χ1v) is 6.86. The molecule has 1 aromatic carbocycles. The van der Waals surface area contributed by atoms with Crippen LogP contribution in [-0.2, 0) is 15.1 Å². The Hall–Kier alpha value is -1.43. The molecule has 1 aliphatic rings. The highest BCUT2D eigenvalue weighted by Crippen LogP contribution is 2.24. The largest absolute Gasteiger partial charge is 0.394 e. The second-order valence-electron chi connectivity index (χ2n) is 5.57. The lowest BCUT2D eigenvalue weighted by atomic mass is 9.87. The Balaban J connectivity index is 2.14. The third-order valence-electron chi connectivity index (χ3n) is 3.98. The van der Waals surface area contributed by atoms with Crippen LogP contribution < -0.4 is 11.1 Å². The molecule has 110 valence electrons. The van der Waals surface area contributed by atoms with Crippen molar-refractivity contribution < 1.29 is 14.6 Å². The Kier molecular flexibility index (Phi) is 4.42. The maximum Gasteiger partial charge on any atom is 0.244 e. The van der Waals surface area contributed by atoms with Crippen LogP contribution in [0.15, 0.2) is 30.3 Å². The Morgan fingerprint density at radius 1 is 1.40 bits per heavy atom. The molecule has 20 heavy (non-hydrogen) atoms. The van der Waals surface area contributed by atoms with Gasteiger partial charge in [0, 0.05) is 13.2 Å². The van der Waals surface area contributed by atoms with Gasteiger partial charge in [0.15, 0.2) is 0 Å². The van der Waals surface area contributed by atoms with Crippen LogP contribution in [0.3, 0.4) is 0 Å². The van der Waals surface area contributed by atoms with Gasteiger partial charge in [0.2, 0.25) is 5.91 Å². The number of carbonyl (C=O) groups is 1. The Bertz CT molecular complexity index is 453. The summed E-state index contributed by atoms with van der Waals surface area (Å²) in [4.78, 5) is 12.5.